The Hall–Kier alpha value is -4.40. The van der Waals surface area contributed by atoms with Crippen LogP contribution in [0.4, 0.5) is 4.39 Å². The number of amides is 2. The van der Waals surface area contributed by atoms with E-state index >= 15 is 0 Å². The first kappa shape index (κ1) is 25.2. The molecule has 2 amide bonds. The maximum Gasteiger partial charge on any atom is 0.257 e. The fourth-order valence-electron chi connectivity index (χ4n) is 2.99. The number of carbonyl (C=O) groups excluding carboxylic acids is 2. The second kappa shape index (κ2) is 12.7. The van der Waals surface area contributed by atoms with Crippen molar-refractivity contribution in [3.8, 4) is 23.0 Å². The number of methoxy groups -OCH3 is 1. The van der Waals surface area contributed by atoms with Gasteiger partial charge in [-0.3, -0.25) is 14.6 Å². The normalized spacial score (nSPS) is 10.6. The first-order chi connectivity index (χ1) is 17.0. The van der Waals surface area contributed by atoms with Gasteiger partial charge in [0.15, 0.2) is 29.7 Å². The molecule has 0 aliphatic carbocycles. The van der Waals surface area contributed by atoms with Crippen LogP contribution >= 0.6 is 0 Å². The van der Waals surface area contributed by atoms with E-state index in [2.05, 4.69) is 15.6 Å². The Balaban J connectivity index is 1.53. The molecule has 8 nitrogen and oxygen atoms in total. The highest BCUT2D eigenvalue weighted by molar-refractivity contribution is 5.91. The fourth-order valence-corrected chi connectivity index (χ4v) is 2.99. The number of carbonyl (C=O) groups is 2. The van der Waals surface area contributed by atoms with Gasteiger partial charge in [0, 0.05) is 25.4 Å². The van der Waals surface area contributed by atoms with Gasteiger partial charge in [-0.2, -0.15) is 0 Å². The van der Waals surface area contributed by atoms with Crippen LogP contribution in [0.2, 0.25) is 0 Å². The lowest BCUT2D eigenvalue weighted by molar-refractivity contribution is -0.123. The summed E-state index contributed by atoms with van der Waals surface area (Å²) in [7, 11) is 1.49. The van der Waals surface area contributed by atoms with Gasteiger partial charge < -0.3 is 24.8 Å². The third-order valence-electron chi connectivity index (χ3n) is 4.67. The lowest BCUT2D eigenvalue weighted by Gasteiger charge is -2.12. The second-order valence-corrected chi connectivity index (χ2v) is 7.26. The predicted molar refractivity (Wildman–Crippen MR) is 129 cm³/mol. The topological polar surface area (TPSA) is 98.8 Å². The average Bonchev–Trinajstić information content (AvgIpc) is 2.87. The molecule has 0 saturated carbocycles. The summed E-state index contributed by atoms with van der Waals surface area (Å²) >= 11 is 0. The van der Waals surface area contributed by atoms with Crippen LogP contribution < -0.4 is 24.8 Å². The fraction of sp³-hybridized carbons (Fsp3) is 0.192. The molecule has 0 unspecified atom stereocenters. The maximum atomic E-state index is 14.3. The van der Waals surface area contributed by atoms with E-state index in [1.807, 2.05) is 6.92 Å². The van der Waals surface area contributed by atoms with Crippen LogP contribution in [0.15, 0.2) is 67.0 Å². The molecule has 0 bridgehead atoms. The third kappa shape index (κ3) is 7.85. The molecule has 35 heavy (non-hydrogen) atoms. The molecule has 0 spiro atoms. The number of halogens is 1. The number of rotatable bonds is 11. The molecule has 182 valence electrons. The van der Waals surface area contributed by atoms with Gasteiger partial charge in [0.2, 0.25) is 5.91 Å². The highest BCUT2D eigenvalue weighted by atomic mass is 19.1. The van der Waals surface area contributed by atoms with Crippen molar-refractivity contribution >= 4 is 17.9 Å². The molecular weight excluding hydrogens is 453 g/mol. The molecule has 2 N–H and O–H groups in total. The van der Waals surface area contributed by atoms with E-state index in [1.165, 1.54) is 37.6 Å². The van der Waals surface area contributed by atoms with E-state index in [-0.39, 0.29) is 30.7 Å². The van der Waals surface area contributed by atoms with Gasteiger partial charge in [0.25, 0.3) is 5.91 Å². The van der Waals surface area contributed by atoms with Crippen molar-refractivity contribution in [1.29, 1.82) is 0 Å². The summed E-state index contributed by atoms with van der Waals surface area (Å²) in [4.78, 5) is 27.7. The van der Waals surface area contributed by atoms with Gasteiger partial charge in [-0.05, 0) is 60.5 Å². The predicted octanol–water partition coefficient (Wildman–Crippen LogP) is 3.87. The summed E-state index contributed by atoms with van der Waals surface area (Å²) in [6, 6.07) is 12.9. The van der Waals surface area contributed by atoms with Gasteiger partial charge >= 0.3 is 0 Å². The van der Waals surface area contributed by atoms with Crippen molar-refractivity contribution in [1.82, 2.24) is 15.6 Å². The molecule has 9 heteroatoms. The first-order valence-electron chi connectivity index (χ1n) is 10.9. The van der Waals surface area contributed by atoms with E-state index in [9.17, 15) is 14.0 Å². The standard InChI is InChI=1S/C26H26FN3O5/c1-3-29-26(32)17-34-23-10-7-19(14-24(23)33-2)15-30-25(31)11-8-18-6-9-22(21(27)13-18)35-20-5-4-12-28-16-20/h4-14,16H,3,15,17H2,1-2H3,(H,29,32)(H,30,31)/b11-8+. The molecule has 1 heterocycles. The van der Waals surface area contributed by atoms with Gasteiger partial charge in [-0.25, -0.2) is 4.39 Å². The van der Waals surface area contributed by atoms with E-state index < -0.39 is 5.82 Å². The third-order valence-corrected chi connectivity index (χ3v) is 4.67. The zero-order valence-corrected chi connectivity index (χ0v) is 19.4. The van der Waals surface area contributed by atoms with Crippen LogP contribution in [0.25, 0.3) is 6.08 Å². The zero-order valence-electron chi connectivity index (χ0n) is 19.4. The Morgan fingerprint density at radius 3 is 2.60 bits per heavy atom. The molecule has 0 fully saturated rings. The Kier molecular flexibility index (Phi) is 9.18. The minimum Gasteiger partial charge on any atom is -0.493 e. The lowest BCUT2D eigenvalue weighted by Crippen LogP contribution is -2.28. The van der Waals surface area contributed by atoms with Crippen molar-refractivity contribution in [3.63, 3.8) is 0 Å². The number of hydrogen-bond acceptors (Lipinski definition) is 6. The van der Waals surface area contributed by atoms with E-state index in [0.717, 1.165) is 5.56 Å². The van der Waals surface area contributed by atoms with Crippen molar-refractivity contribution in [2.24, 2.45) is 0 Å². The summed E-state index contributed by atoms with van der Waals surface area (Å²) in [5.74, 6) is 0.217. The smallest absolute Gasteiger partial charge is 0.257 e. The molecule has 0 saturated heterocycles. The largest absolute Gasteiger partial charge is 0.493 e. The van der Waals surface area contributed by atoms with Crippen LogP contribution in [0, 0.1) is 5.82 Å². The van der Waals surface area contributed by atoms with Crippen LogP contribution in [-0.2, 0) is 16.1 Å². The monoisotopic (exact) mass is 479 g/mol. The van der Waals surface area contributed by atoms with Crippen molar-refractivity contribution in [2.45, 2.75) is 13.5 Å². The highest BCUT2D eigenvalue weighted by Crippen LogP contribution is 2.28. The Morgan fingerprint density at radius 1 is 1.06 bits per heavy atom. The van der Waals surface area contributed by atoms with Gasteiger partial charge in [0.05, 0.1) is 13.3 Å². The first-order valence-corrected chi connectivity index (χ1v) is 10.9. The summed E-state index contributed by atoms with van der Waals surface area (Å²) < 4.78 is 30.6. The highest BCUT2D eigenvalue weighted by Gasteiger charge is 2.09. The van der Waals surface area contributed by atoms with Crippen LogP contribution in [-0.4, -0.2) is 37.1 Å². The summed E-state index contributed by atoms with van der Waals surface area (Å²) in [6.07, 6.45) is 5.90. The number of benzene rings is 2. The number of ether oxygens (including phenoxy) is 3. The Bertz CT molecular complexity index is 1180. The molecule has 0 aliphatic rings. The van der Waals surface area contributed by atoms with Crippen LogP contribution in [0.3, 0.4) is 0 Å². The molecule has 0 radical (unpaired) electrons. The van der Waals surface area contributed by atoms with Crippen molar-refractivity contribution in [2.75, 3.05) is 20.3 Å². The van der Waals surface area contributed by atoms with E-state index in [4.69, 9.17) is 14.2 Å². The molecule has 0 atom stereocenters. The zero-order chi connectivity index (χ0) is 25.0. The van der Waals surface area contributed by atoms with Crippen molar-refractivity contribution in [3.05, 3.63) is 83.9 Å². The SMILES string of the molecule is CCNC(=O)COc1ccc(CNC(=O)/C=C/c2ccc(Oc3cccnc3)c(F)c2)cc1OC. The van der Waals surface area contributed by atoms with Crippen molar-refractivity contribution < 1.29 is 28.2 Å². The number of aromatic nitrogens is 1. The minimum absolute atomic E-state index is 0.0620. The number of likely N-dealkylation sites (N-methyl/N-ethyl adjacent to an activating group) is 1. The molecule has 0 aliphatic heterocycles. The average molecular weight is 480 g/mol. The number of pyridine rings is 1. The molecule has 3 rings (SSSR count). The molecule has 2 aromatic carbocycles. The van der Waals surface area contributed by atoms with Gasteiger partial charge in [0.1, 0.15) is 5.75 Å². The lowest BCUT2D eigenvalue weighted by atomic mass is 10.2. The quantitative estimate of drug-likeness (QED) is 0.405. The molecule has 3 aromatic rings. The second-order valence-electron chi connectivity index (χ2n) is 7.26. The maximum absolute atomic E-state index is 14.3. The van der Waals surface area contributed by atoms with Crippen LogP contribution in [0.1, 0.15) is 18.1 Å². The number of nitrogens with one attached hydrogen (secondary N) is 2. The van der Waals surface area contributed by atoms with Gasteiger partial charge in [-0.1, -0.05) is 12.1 Å². The summed E-state index contributed by atoms with van der Waals surface area (Å²) in [5.41, 5.74) is 1.28. The van der Waals surface area contributed by atoms with E-state index in [1.54, 1.807) is 42.6 Å². The Labute approximate surface area is 202 Å². The summed E-state index contributed by atoms with van der Waals surface area (Å²) in [6.45, 7) is 2.46. The van der Waals surface area contributed by atoms with E-state index in [0.29, 0.717) is 29.4 Å². The number of nitrogens with zero attached hydrogens (tertiary/aromatic N) is 1. The molecule has 1 aromatic heterocycles. The summed E-state index contributed by atoms with van der Waals surface area (Å²) in [5, 5.41) is 5.40. The number of hydrogen-bond donors (Lipinski definition) is 2. The van der Waals surface area contributed by atoms with Gasteiger partial charge in [-0.15, -0.1) is 0 Å². The minimum atomic E-state index is -0.557. The van der Waals surface area contributed by atoms with Crippen LogP contribution in [0.5, 0.6) is 23.0 Å². The molecular formula is C26H26FN3O5. The Morgan fingerprint density at radius 2 is 1.89 bits per heavy atom.